The molecule has 0 radical (unpaired) electrons. The molecule has 1 unspecified atom stereocenters. The first-order chi connectivity index (χ1) is 7.47. The van der Waals surface area contributed by atoms with Crippen molar-refractivity contribution in [2.45, 2.75) is 41.0 Å². The summed E-state index contributed by atoms with van der Waals surface area (Å²) in [5.74, 6) is 0.545. The first-order valence-corrected chi connectivity index (χ1v) is 5.75. The molecular formula is C14H20O2. The molecule has 1 aromatic carbocycles. The first-order valence-electron chi connectivity index (χ1n) is 5.75. The summed E-state index contributed by atoms with van der Waals surface area (Å²) < 4.78 is 5.47. The van der Waals surface area contributed by atoms with Gasteiger partial charge in [-0.3, -0.25) is 4.79 Å². The standard InChI is InChI=1S/C14H20O2/c1-6-9(2)14(15)16-13-11(4)8-7-10(3)12(13)5/h7-9H,6H2,1-5H3. The van der Waals surface area contributed by atoms with E-state index in [1.54, 1.807) is 0 Å². The molecule has 2 heteroatoms. The number of aryl methyl sites for hydroxylation is 2. The summed E-state index contributed by atoms with van der Waals surface area (Å²) in [6.07, 6.45) is 0.808. The maximum absolute atomic E-state index is 11.7. The molecule has 0 saturated carbocycles. The number of carbonyl (C=O) groups is 1. The number of rotatable bonds is 3. The number of carbonyl (C=O) groups excluding carboxylic acids is 1. The molecule has 0 bridgehead atoms. The summed E-state index contributed by atoms with van der Waals surface area (Å²) in [7, 11) is 0. The zero-order chi connectivity index (χ0) is 12.3. The van der Waals surface area contributed by atoms with Crippen LogP contribution in [0.4, 0.5) is 0 Å². The van der Waals surface area contributed by atoms with Crippen LogP contribution in [-0.2, 0) is 4.79 Å². The van der Waals surface area contributed by atoms with Gasteiger partial charge in [0.25, 0.3) is 0 Å². The van der Waals surface area contributed by atoms with Gasteiger partial charge in [-0.25, -0.2) is 0 Å². The quantitative estimate of drug-likeness (QED) is 0.575. The zero-order valence-electron chi connectivity index (χ0n) is 10.8. The molecule has 0 saturated heterocycles. The van der Waals surface area contributed by atoms with E-state index in [1.165, 1.54) is 0 Å². The van der Waals surface area contributed by atoms with Gasteiger partial charge in [-0.05, 0) is 43.9 Å². The first kappa shape index (κ1) is 12.8. The molecular weight excluding hydrogens is 200 g/mol. The largest absolute Gasteiger partial charge is 0.426 e. The van der Waals surface area contributed by atoms with Gasteiger partial charge in [0.15, 0.2) is 0 Å². The van der Waals surface area contributed by atoms with E-state index in [0.29, 0.717) is 0 Å². The monoisotopic (exact) mass is 220 g/mol. The normalized spacial score (nSPS) is 12.3. The fourth-order valence-electron chi connectivity index (χ4n) is 1.45. The second-order valence-electron chi connectivity index (χ2n) is 4.38. The molecule has 0 aliphatic carbocycles. The van der Waals surface area contributed by atoms with Crippen LogP contribution in [0.2, 0.25) is 0 Å². The average molecular weight is 220 g/mol. The Morgan fingerprint density at radius 3 is 2.38 bits per heavy atom. The van der Waals surface area contributed by atoms with Crippen LogP contribution in [0.5, 0.6) is 5.75 Å². The Morgan fingerprint density at radius 1 is 1.25 bits per heavy atom. The Balaban J connectivity index is 2.97. The molecule has 1 aromatic rings. The third kappa shape index (κ3) is 2.63. The van der Waals surface area contributed by atoms with Gasteiger partial charge in [-0.2, -0.15) is 0 Å². The highest BCUT2D eigenvalue weighted by Gasteiger charge is 2.16. The van der Waals surface area contributed by atoms with Gasteiger partial charge < -0.3 is 4.74 Å². The van der Waals surface area contributed by atoms with E-state index >= 15 is 0 Å². The third-order valence-electron chi connectivity index (χ3n) is 3.09. The lowest BCUT2D eigenvalue weighted by molar-refractivity contribution is -0.138. The van der Waals surface area contributed by atoms with Crippen molar-refractivity contribution in [3.63, 3.8) is 0 Å². The summed E-state index contributed by atoms with van der Waals surface area (Å²) in [6.45, 7) is 9.85. The fraction of sp³-hybridized carbons (Fsp3) is 0.500. The number of hydrogen-bond acceptors (Lipinski definition) is 2. The maximum atomic E-state index is 11.7. The highest BCUT2D eigenvalue weighted by molar-refractivity contribution is 5.75. The van der Waals surface area contributed by atoms with Gasteiger partial charge in [-0.1, -0.05) is 26.0 Å². The molecule has 0 spiro atoms. The summed E-state index contributed by atoms with van der Waals surface area (Å²) >= 11 is 0. The van der Waals surface area contributed by atoms with Gasteiger partial charge in [0.05, 0.1) is 5.92 Å². The molecule has 0 N–H and O–H groups in total. The summed E-state index contributed by atoms with van der Waals surface area (Å²) in [6, 6.07) is 4.03. The molecule has 1 rings (SSSR count). The molecule has 0 aromatic heterocycles. The Bertz CT molecular complexity index is 394. The van der Waals surface area contributed by atoms with Gasteiger partial charge in [0.1, 0.15) is 5.75 Å². The van der Waals surface area contributed by atoms with E-state index in [2.05, 4.69) is 0 Å². The minimum absolute atomic E-state index is 0.0423. The van der Waals surface area contributed by atoms with Crippen molar-refractivity contribution < 1.29 is 9.53 Å². The second-order valence-corrected chi connectivity index (χ2v) is 4.38. The Hall–Kier alpha value is -1.31. The molecule has 2 nitrogen and oxygen atoms in total. The fourth-order valence-corrected chi connectivity index (χ4v) is 1.45. The van der Waals surface area contributed by atoms with E-state index in [1.807, 2.05) is 46.8 Å². The van der Waals surface area contributed by atoms with Gasteiger partial charge in [0, 0.05) is 0 Å². The van der Waals surface area contributed by atoms with Gasteiger partial charge in [-0.15, -0.1) is 0 Å². The molecule has 16 heavy (non-hydrogen) atoms. The summed E-state index contributed by atoms with van der Waals surface area (Å²) in [5.41, 5.74) is 3.22. The Kier molecular flexibility index (Phi) is 4.11. The molecule has 0 aliphatic heterocycles. The predicted molar refractivity (Wildman–Crippen MR) is 65.7 cm³/mol. The lowest BCUT2D eigenvalue weighted by atomic mass is 10.0. The number of benzene rings is 1. The van der Waals surface area contributed by atoms with E-state index in [-0.39, 0.29) is 11.9 Å². The SMILES string of the molecule is CCC(C)C(=O)Oc1c(C)ccc(C)c1C. The predicted octanol–water partition coefficient (Wildman–Crippen LogP) is 3.56. The second kappa shape index (κ2) is 5.15. The average Bonchev–Trinajstić information content (AvgIpc) is 2.28. The smallest absolute Gasteiger partial charge is 0.314 e. The van der Waals surface area contributed by atoms with Crippen molar-refractivity contribution in [2.24, 2.45) is 5.92 Å². The van der Waals surface area contributed by atoms with Crippen molar-refractivity contribution in [1.29, 1.82) is 0 Å². The van der Waals surface area contributed by atoms with E-state index in [9.17, 15) is 4.79 Å². The molecule has 0 heterocycles. The van der Waals surface area contributed by atoms with Crippen molar-refractivity contribution in [1.82, 2.24) is 0 Å². The minimum Gasteiger partial charge on any atom is -0.426 e. The van der Waals surface area contributed by atoms with Crippen molar-refractivity contribution in [3.8, 4) is 5.75 Å². The van der Waals surface area contributed by atoms with Gasteiger partial charge >= 0.3 is 5.97 Å². The van der Waals surface area contributed by atoms with Crippen LogP contribution >= 0.6 is 0 Å². The van der Waals surface area contributed by atoms with Gasteiger partial charge in [0.2, 0.25) is 0 Å². The number of esters is 1. The zero-order valence-corrected chi connectivity index (χ0v) is 10.8. The van der Waals surface area contributed by atoms with Crippen LogP contribution in [-0.4, -0.2) is 5.97 Å². The van der Waals surface area contributed by atoms with E-state index in [4.69, 9.17) is 4.74 Å². The topological polar surface area (TPSA) is 26.3 Å². The molecule has 1 atom stereocenters. The van der Waals surface area contributed by atoms with E-state index in [0.717, 1.165) is 28.9 Å². The maximum Gasteiger partial charge on any atom is 0.314 e. The summed E-state index contributed by atoms with van der Waals surface area (Å²) in [4.78, 5) is 11.7. The van der Waals surface area contributed by atoms with Crippen molar-refractivity contribution in [2.75, 3.05) is 0 Å². The molecule has 0 aliphatic rings. The van der Waals surface area contributed by atoms with Crippen LogP contribution in [0.3, 0.4) is 0 Å². The molecule has 0 fully saturated rings. The van der Waals surface area contributed by atoms with Crippen LogP contribution in [0.25, 0.3) is 0 Å². The molecule has 88 valence electrons. The van der Waals surface area contributed by atoms with Crippen LogP contribution < -0.4 is 4.74 Å². The van der Waals surface area contributed by atoms with E-state index < -0.39 is 0 Å². The number of ether oxygens (including phenoxy) is 1. The highest BCUT2D eigenvalue weighted by Crippen LogP contribution is 2.26. The lowest BCUT2D eigenvalue weighted by Gasteiger charge is -2.14. The van der Waals surface area contributed by atoms with Crippen LogP contribution in [0.15, 0.2) is 12.1 Å². The molecule has 0 amide bonds. The third-order valence-corrected chi connectivity index (χ3v) is 3.09. The van der Waals surface area contributed by atoms with Crippen molar-refractivity contribution in [3.05, 3.63) is 28.8 Å². The van der Waals surface area contributed by atoms with Crippen molar-refractivity contribution >= 4 is 5.97 Å². The highest BCUT2D eigenvalue weighted by atomic mass is 16.5. The Morgan fingerprint density at radius 2 is 1.81 bits per heavy atom. The number of hydrogen-bond donors (Lipinski definition) is 0. The lowest BCUT2D eigenvalue weighted by Crippen LogP contribution is -2.18. The minimum atomic E-state index is -0.140. The Labute approximate surface area is 97.6 Å². The van der Waals surface area contributed by atoms with Crippen LogP contribution in [0, 0.1) is 26.7 Å². The van der Waals surface area contributed by atoms with Crippen LogP contribution in [0.1, 0.15) is 37.0 Å². The summed E-state index contributed by atoms with van der Waals surface area (Å²) in [5, 5.41) is 0.